The van der Waals surface area contributed by atoms with Crippen LogP contribution in [0.25, 0.3) is 0 Å². The van der Waals surface area contributed by atoms with Crippen LogP contribution in [0.15, 0.2) is 17.5 Å². The molecule has 0 spiro atoms. The summed E-state index contributed by atoms with van der Waals surface area (Å²) in [7, 11) is 0. The largest absolute Gasteiger partial charge is 0.378 e. The molecule has 1 aliphatic heterocycles. The van der Waals surface area contributed by atoms with E-state index >= 15 is 0 Å². The van der Waals surface area contributed by atoms with Gasteiger partial charge in [0.15, 0.2) is 0 Å². The van der Waals surface area contributed by atoms with E-state index in [9.17, 15) is 4.79 Å². The van der Waals surface area contributed by atoms with Crippen molar-refractivity contribution in [2.24, 2.45) is 0 Å². The van der Waals surface area contributed by atoms with E-state index in [2.05, 4.69) is 34.7 Å². The predicted octanol–water partition coefficient (Wildman–Crippen LogP) is 2.44. The van der Waals surface area contributed by atoms with Crippen molar-refractivity contribution in [3.05, 3.63) is 22.4 Å². The van der Waals surface area contributed by atoms with Crippen molar-refractivity contribution in [1.82, 2.24) is 10.2 Å². The van der Waals surface area contributed by atoms with E-state index in [1.54, 1.807) is 11.3 Å². The van der Waals surface area contributed by atoms with Crippen LogP contribution in [0.2, 0.25) is 0 Å². The second-order valence-corrected chi connectivity index (χ2v) is 7.49. The molecule has 1 amide bonds. The number of hydrogen-bond acceptors (Lipinski definition) is 4. The molecule has 122 valence electrons. The average Bonchev–Trinajstić information content (AvgIpc) is 3.20. The zero-order valence-corrected chi connectivity index (χ0v) is 14.1. The van der Waals surface area contributed by atoms with Crippen LogP contribution < -0.4 is 5.32 Å². The number of carbonyl (C=O) groups is 1. The van der Waals surface area contributed by atoms with Gasteiger partial charge in [-0.05, 0) is 31.2 Å². The molecule has 3 rings (SSSR count). The summed E-state index contributed by atoms with van der Waals surface area (Å²) >= 11 is 1.75. The summed E-state index contributed by atoms with van der Waals surface area (Å²) in [4.78, 5) is 16.4. The quantitative estimate of drug-likeness (QED) is 0.905. The number of nitrogens with one attached hydrogen (secondary N) is 1. The summed E-state index contributed by atoms with van der Waals surface area (Å²) in [6.07, 6.45) is 5.96. The monoisotopic (exact) mass is 322 g/mol. The predicted molar refractivity (Wildman–Crippen MR) is 89.2 cm³/mol. The molecule has 0 radical (unpaired) electrons. The summed E-state index contributed by atoms with van der Waals surface area (Å²) in [5, 5.41) is 5.27. The number of amides is 1. The lowest BCUT2D eigenvalue weighted by molar-refractivity contribution is -0.135. The molecule has 1 saturated carbocycles. The fourth-order valence-corrected chi connectivity index (χ4v) is 4.47. The molecule has 1 saturated heterocycles. The molecule has 0 aromatic carbocycles. The molecule has 1 N–H and O–H groups in total. The van der Waals surface area contributed by atoms with E-state index in [0.717, 1.165) is 19.6 Å². The first-order valence-electron chi connectivity index (χ1n) is 8.40. The highest BCUT2D eigenvalue weighted by atomic mass is 32.1. The topological polar surface area (TPSA) is 41.6 Å². The third-order valence-corrected chi connectivity index (χ3v) is 5.64. The van der Waals surface area contributed by atoms with Crippen LogP contribution in [0, 0.1) is 0 Å². The minimum Gasteiger partial charge on any atom is -0.378 e. The minimum absolute atomic E-state index is 0.109. The van der Waals surface area contributed by atoms with Crippen LogP contribution in [-0.4, -0.2) is 48.7 Å². The third-order valence-electron chi connectivity index (χ3n) is 4.74. The molecule has 0 unspecified atom stereocenters. The van der Waals surface area contributed by atoms with E-state index < -0.39 is 0 Å². The Morgan fingerprint density at radius 3 is 3.05 bits per heavy atom. The summed E-state index contributed by atoms with van der Waals surface area (Å²) in [5.74, 6) is 0.135. The number of ether oxygens (including phenoxy) is 1. The first kappa shape index (κ1) is 16.0. The number of hydrogen-bond donors (Lipinski definition) is 1. The highest BCUT2D eigenvalue weighted by Gasteiger charge is 2.35. The van der Waals surface area contributed by atoms with Gasteiger partial charge in [0, 0.05) is 29.9 Å². The maximum atomic E-state index is 12.7. The van der Waals surface area contributed by atoms with E-state index in [1.165, 1.54) is 30.6 Å². The Bertz CT molecular complexity index is 471. The zero-order valence-electron chi connectivity index (χ0n) is 13.3. The molecule has 22 heavy (non-hydrogen) atoms. The molecule has 2 aliphatic rings. The van der Waals surface area contributed by atoms with Gasteiger partial charge in [-0.2, -0.15) is 0 Å². The van der Waals surface area contributed by atoms with Crippen LogP contribution in [0.1, 0.15) is 37.5 Å². The number of carbonyl (C=O) groups excluding carboxylic acids is 1. The second kappa shape index (κ2) is 7.57. The Morgan fingerprint density at radius 2 is 2.32 bits per heavy atom. The van der Waals surface area contributed by atoms with E-state index in [0.29, 0.717) is 12.6 Å². The number of thiophene rings is 1. The van der Waals surface area contributed by atoms with Gasteiger partial charge < -0.3 is 10.1 Å². The number of nitrogens with zero attached hydrogens (tertiary/aromatic N) is 1. The molecule has 1 aromatic heterocycles. The smallest absolute Gasteiger partial charge is 0.239 e. The second-order valence-electron chi connectivity index (χ2n) is 6.46. The normalized spacial score (nSPS) is 25.2. The van der Waals surface area contributed by atoms with Crippen molar-refractivity contribution >= 4 is 17.2 Å². The maximum Gasteiger partial charge on any atom is 0.239 e. The SMILES string of the molecule is C[C@H](Cc1cccs1)NC(=O)[C@H]1COCCN1C1CCCC1. The molecule has 5 heteroatoms. The van der Waals surface area contributed by atoms with Gasteiger partial charge in [-0.3, -0.25) is 9.69 Å². The van der Waals surface area contributed by atoms with Crippen molar-refractivity contribution in [2.45, 2.75) is 57.2 Å². The third kappa shape index (κ3) is 3.89. The molecule has 1 aliphatic carbocycles. The Morgan fingerprint density at radius 1 is 1.50 bits per heavy atom. The summed E-state index contributed by atoms with van der Waals surface area (Å²) in [5.41, 5.74) is 0. The van der Waals surface area contributed by atoms with Gasteiger partial charge in [0.2, 0.25) is 5.91 Å². The lowest BCUT2D eigenvalue weighted by Crippen LogP contribution is -2.57. The summed E-state index contributed by atoms with van der Waals surface area (Å²) in [6.45, 7) is 4.27. The Balaban J connectivity index is 1.56. The van der Waals surface area contributed by atoms with Crippen LogP contribution >= 0.6 is 11.3 Å². The van der Waals surface area contributed by atoms with E-state index in [-0.39, 0.29) is 18.0 Å². The van der Waals surface area contributed by atoms with Gasteiger partial charge in [-0.25, -0.2) is 0 Å². The maximum absolute atomic E-state index is 12.7. The minimum atomic E-state index is -0.109. The molecular formula is C17H26N2O2S. The molecular weight excluding hydrogens is 296 g/mol. The molecule has 2 heterocycles. The van der Waals surface area contributed by atoms with E-state index in [1.807, 2.05) is 0 Å². The first-order valence-corrected chi connectivity index (χ1v) is 9.28. The van der Waals surface area contributed by atoms with Crippen molar-refractivity contribution in [3.8, 4) is 0 Å². The molecule has 0 bridgehead atoms. The van der Waals surface area contributed by atoms with Crippen LogP contribution in [0.5, 0.6) is 0 Å². The van der Waals surface area contributed by atoms with Crippen LogP contribution in [0.3, 0.4) is 0 Å². The Kier molecular flexibility index (Phi) is 5.50. The standard InChI is InChI=1S/C17H26N2O2S/c1-13(11-15-7-4-10-22-15)18-17(20)16-12-21-9-8-19(16)14-5-2-3-6-14/h4,7,10,13-14,16H,2-3,5-6,8-9,11-12H2,1H3,(H,18,20)/t13-,16-/m1/s1. The van der Waals surface area contributed by atoms with Crippen molar-refractivity contribution in [1.29, 1.82) is 0 Å². The fraction of sp³-hybridized carbons (Fsp3) is 0.706. The van der Waals surface area contributed by atoms with Gasteiger partial charge in [-0.1, -0.05) is 18.9 Å². The molecule has 2 fully saturated rings. The van der Waals surface area contributed by atoms with E-state index in [4.69, 9.17) is 4.74 Å². The molecule has 1 aromatic rings. The van der Waals surface area contributed by atoms with Gasteiger partial charge in [0.05, 0.1) is 13.2 Å². The Hall–Kier alpha value is -0.910. The van der Waals surface area contributed by atoms with Crippen molar-refractivity contribution < 1.29 is 9.53 Å². The molecule has 4 nitrogen and oxygen atoms in total. The van der Waals surface area contributed by atoms with Crippen LogP contribution in [0.4, 0.5) is 0 Å². The van der Waals surface area contributed by atoms with Crippen LogP contribution in [-0.2, 0) is 16.0 Å². The first-order chi connectivity index (χ1) is 10.7. The Labute approximate surface area is 136 Å². The highest BCUT2D eigenvalue weighted by Crippen LogP contribution is 2.26. The van der Waals surface area contributed by atoms with Gasteiger partial charge >= 0.3 is 0 Å². The van der Waals surface area contributed by atoms with Crippen molar-refractivity contribution in [3.63, 3.8) is 0 Å². The van der Waals surface area contributed by atoms with Crippen molar-refractivity contribution in [2.75, 3.05) is 19.8 Å². The van der Waals surface area contributed by atoms with Gasteiger partial charge in [0.25, 0.3) is 0 Å². The zero-order chi connectivity index (χ0) is 15.4. The lowest BCUT2D eigenvalue weighted by Gasteiger charge is -2.39. The highest BCUT2D eigenvalue weighted by molar-refractivity contribution is 7.09. The fourth-order valence-electron chi connectivity index (χ4n) is 3.64. The number of morpholine rings is 1. The summed E-state index contributed by atoms with van der Waals surface area (Å²) in [6, 6.07) is 4.82. The lowest BCUT2D eigenvalue weighted by atomic mass is 10.1. The van der Waals surface area contributed by atoms with Gasteiger partial charge in [0.1, 0.15) is 6.04 Å². The number of rotatable bonds is 5. The van der Waals surface area contributed by atoms with Gasteiger partial charge in [-0.15, -0.1) is 11.3 Å². The summed E-state index contributed by atoms with van der Waals surface area (Å²) < 4.78 is 5.58. The average molecular weight is 322 g/mol. The molecule has 2 atom stereocenters.